The van der Waals surface area contributed by atoms with Crippen LogP contribution in [-0.2, 0) is 10.1 Å². The summed E-state index contributed by atoms with van der Waals surface area (Å²) in [6.45, 7) is 1.72. The van der Waals surface area contributed by atoms with E-state index in [4.69, 9.17) is 4.55 Å². The summed E-state index contributed by atoms with van der Waals surface area (Å²) in [5, 5.41) is 19.9. The topological polar surface area (TPSA) is 94.8 Å². The van der Waals surface area contributed by atoms with Gasteiger partial charge < -0.3 is 10.2 Å². The van der Waals surface area contributed by atoms with Crippen molar-refractivity contribution < 1.29 is 23.2 Å². The Hall–Kier alpha value is -2.05. The fourth-order valence-corrected chi connectivity index (χ4v) is 2.72. The molecule has 2 aromatic rings. The van der Waals surface area contributed by atoms with Crippen molar-refractivity contribution in [3.8, 4) is 11.5 Å². The van der Waals surface area contributed by atoms with Crippen molar-refractivity contribution >= 4 is 10.1 Å². The molecule has 0 saturated carbocycles. The number of aromatic hydroxyl groups is 2. The van der Waals surface area contributed by atoms with Crippen LogP contribution in [0.25, 0.3) is 0 Å². The summed E-state index contributed by atoms with van der Waals surface area (Å²) in [7, 11) is -4.55. The summed E-state index contributed by atoms with van der Waals surface area (Å²) >= 11 is 0. The van der Waals surface area contributed by atoms with Crippen molar-refractivity contribution in [1.29, 1.82) is 0 Å². The van der Waals surface area contributed by atoms with Crippen LogP contribution in [0.3, 0.4) is 0 Å². The molecule has 0 heterocycles. The van der Waals surface area contributed by atoms with Gasteiger partial charge >= 0.3 is 0 Å². The van der Waals surface area contributed by atoms with E-state index in [0.717, 1.165) is 17.7 Å². The first kappa shape index (κ1) is 14.4. The van der Waals surface area contributed by atoms with Crippen molar-refractivity contribution in [2.24, 2.45) is 0 Å². The number of phenolic OH excluding ortho intramolecular Hbond substituents is 2. The molecule has 0 aliphatic rings. The van der Waals surface area contributed by atoms with Gasteiger partial charge in [0.05, 0.1) is 0 Å². The molecular weight excluding hydrogens is 280 g/mol. The van der Waals surface area contributed by atoms with Crippen molar-refractivity contribution in [2.75, 3.05) is 0 Å². The van der Waals surface area contributed by atoms with Gasteiger partial charge in [0.25, 0.3) is 10.1 Å². The first-order valence-electron chi connectivity index (χ1n) is 5.89. The molecule has 0 bridgehead atoms. The van der Waals surface area contributed by atoms with Gasteiger partial charge in [-0.3, -0.25) is 4.55 Å². The Balaban J connectivity index is 2.63. The van der Waals surface area contributed by atoms with E-state index in [0.29, 0.717) is 0 Å². The largest absolute Gasteiger partial charge is 0.508 e. The maximum absolute atomic E-state index is 11.2. The van der Waals surface area contributed by atoms with Crippen LogP contribution < -0.4 is 0 Å². The quantitative estimate of drug-likeness (QED) is 0.756. The van der Waals surface area contributed by atoms with Gasteiger partial charge in [0.1, 0.15) is 16.4 Å². The number of benzene rings is 2. The lowest BCUT2D eigenvalue weighted by molar-refractivity contribution is 0.418. The van der Waals surface area contributed by atoms with E-state index in [9.17, 15) is 18.6 Å². The minimum Gasteiger partial charge on any atom is -0.508 e. The standard InChI is InChI=1S/C14H14O5S/c1-9(10-5-3-2-4-6-10)13-11(15)7-8-12(14(13)16)20(17,18)19/h2-9,15-16H,1H3,(H,17,18,19). The third kappa shape index (κ3) is 2.61. The first-order valence-corrected chi connectivity index (χ1v) is 7.33. The fraction of sp³-hybridized carbons (Fsp3) is 0.143. The van der Waals surface area contributed by atoms with Crippen LogP contribution in [0.4, 0.5) is 0 Å². The van der Waals surface area contributed by atoms with Crippen LogP contribution in [-0.4, -0.2) is 23.2 Å². The monoisotopic (exact) mass is 294 g/mol. The highest BCUT2D eigenvalue weighted by Gasteiger charge is 2.24. The highest BCUT2D eigenvalue weighted by atomic mass is 32.2. The predicted octanol–water partition coefficient (Wildman–Crippen LogP) is 2.50. The summed E-state index contributed by atoms with van der Waals surface area (Å²) in [6.07, 6.45) is 0. The second-order valence-corrected chi connectivity index (χ2v) is 5.84. The van der Waals surface area contributed by atoms with Gasteiger partial charge in [0.2, 0.25) is 0 Å². The van der Waals surface area contributed by atoms with Crippen molar-refractivity contribution in [1.82, 2.24) is 0 Å². The minimum atomic E-state index is -4.55. The van der Waals surface area contributed by atoms with Crippen LogP contribution in [0, 0.1) is 0 Å². The third-order valence-corrected chi connectivity index (χ3v) is 4.05. The van der Waals surface area contributed by atoms with Crippen molar-refractivity contribution in [3.05, 3.63) is 53.6 Å². The molecular formula is C14H14O5S. The molecule has 20 heavy (non-hydrogen) atoms. The van der Waals surface area contributed by atoms with Crippen LogP contribution in [0.2, 0.25) is 0 Å². The zero-order valence-corrected chi connectivity index (χ0v) is 11.5. The second-order valence-electron chi connectivity index (χ2n) is 4.45. The van der Waals surface area contributed by atoms with E-state index < -0.39 is 26.7 Å². The van der Waals surface area contributed by atoms with Crippen LogP contribution >= 0.6 is 0 Å². The van der Waals surface area contributed by atoms with Crippen molar-refractivity contribution in [3.63, 3.8) is 0 Å². The third-order valence-electron chi connectivity index (χ3n) is 3.17. The van der Waals surface area contributed by atoms with Gasteiger partial charge in [-0.25, -0.2) is 0 Å². The van der Waals surface area contributed by atoms with Gasteiger partial charge in [0.15, 0.2) is 0 Å². The summed E-state index contributed by atoms with van der Waals surface area (Å²) in [5.41, 5.74) is 0.858. The second kappa shape index (κ2) is 5.15. The highest BCUT2D eigenvalue weighted by molar-refractivity contribution is 7.86. The summed E-state index contributed by atoms with van der Waals surface area (Å²) in [4.78, 5) is -0.618. The van der Waals surface area contributed by atoms with E-state index in [2.05, 4.69) is 0 Å². The zero-order chi connectivity index (χ0) is 14.9. The highest BCUT2D eigenvalue weighted by Crippen LogP contribution is 2.40. The SMILES string of the molecule is CC(c1ccccc1)c1c(O)ccc(S(=O)(=O)O)c1O. The Kier molecular flexibility index (Phi) is 3.69. The Bertz CT molecular complexity index is 723. The molecule has 5 nitrogen and oxygen atoms in total. The Morgan fingerprint density at radius 3 is 2.15 bits per heavy atom. The molecule has 0 saturated heterocycles. The molecule has 6 heteroatoms. The summed E-state index contributed by atoms with van der Waals surface area (Å²) < 4.78 is 31.4. The number of phenols is 2. The fourth-order valence-electron chi connectivity index (χ4n) is 2.12. The average Bonchev–Trinajstić information content (AvgIpc) is 2.38. The smallest absolute Gasteiger partial charge is 0.298 e. The lowest BCUT2D eigenvalue weighted by Gasteiger charge is -2.17. The number of rotatable bonds is 3. The number of hydrogen-bond donors (Lipinski definition) is 3. The molecule has 0 aliphatic heterocycles. The molecule has 2 aromatic carbocycles. The van der Waals surface area contributed by atoms with Crippen LogP contribution in [0.5, 0.6) is 11.5 Å². The van der Waals surface area contributed by atoms with E-state index in [1.807, 2.05) is 6.07 Å². The lowest BCUT2D eigenvalue weighted by atomic mass is 9.92. The predicted molar refractivity (Wildman–Crippen MR) is 73.5 cm³/mol. The molecule has 0 amide bonds. The number of hydrogen-bond acceptors (Lipinski definition) is 4. The molecule has 1 atom stereocenters. The van der Waals surface area contributed by atoms with E-state index >= 15 is 0 Å². The molecule has 1 unspecified atom stereocenters. The first-order chi connectivity index (χ1) is 9.32. The summed E-state index contributed by atoms with van der Waals surface area (Å²) in [6, 6.07) is 11.1. The molecule has 3 N–H and O–H groups in total. The molecule has 0 radical (unpaired) electrons. The Labute approximate surface area is 116 Å². The average molecular weight is 294 g/mol. The van der Waals surface area contributed by atoms with E-state index in [1.165, 1.54) is 0 Å². The molecule has 0 aliphatic carbocycles. The molecule has 0 fully saturated rings. The lowest BCUT2D eigenvalue weighted by Crippen LogP contribution is -2.03. The molecule has 2 rings (SSSR count). The Morgan fingerprint density at radius 1 is 1.00 bits per heavy atom. The van der Waals surface area contributed by atoms with Gasteiger partial charge in [-0.1, -0.05) is 37.3 Å². The van der Waals surface area contributed by atoms with Crippen molar-refractivity contribution in [2.45, 2.75) is 17.7 Å². The minimum absolute atomic E-state index is 0.0614. The molecule has 106 valence electrons. The Morgan fingerprint density at radius 2 is 1.60 bits per heavy atom. The van der Waals surface area contributed by atoms with E-state index in [1.54, 1.807) is 31.2 Å². The zero-order valence-electron chi connectivity index (χ0n) is 10.7. The van der Waals surface area contributed by atoms with Gasteiger partial charge in [-0.2, -0.15) is 8.42 Å². The molecule has 0 spiro atoms. The summed E-state index contributed by atoms with van der Waals surface area (Å²) in [5.74, 6) is -1.30. The van der Waals surface area contributed by atoms with E-state index in [-0.39, 0.29) is 11.3 Å². The maximum Gasteiger partial charge on any atom is 0.298 e. The van der Waals surface area contributed by atoms with Gasteiger partial charge in [0, 0.05) is 11.5 Å². The van der Waals surface area contributed by atoms with Gasteiger partial charge in [-0.15, -0.1) is 0 Å². The van der Waals surface area contributed by atoms with Crippen LogP contribution in [0.1, 0.15) is 24.0 Å². The normalized spacial score (nSPS) is 13.1. The maximum atomic E-state index is 11.2. The van der Waals surface area contributed by atoms with Gasteiger partial charge in [-0.05, 0) is 17.7 Å². The molecule has 0 aromatic heterocycles. The van der Waals surface area contributed by atoms with Crippen LogP contribution in [0.15, 0.2) is 47.4 Å².